The van der Waals surface area contributed by atoms with E-state index in [2.05, 4.69) is 13.8 Å². The number of ether oxygens (including phenoxy) is 1. The molecule has 0 unspecified atom stereocenters. The summed E-state index contributed by atoms with van der Waals surface area (Å²) >= 11 is 0. The molecule has 0 aliphatic carbocycles. The molecule has 0 aliphatic heterocycles. The number of carbonyl (C=O) groups is 1. The monoisotopic (exact) mass is 268 g/mol. The number of hydrogen-bond donors (Lipinski definition) is 0. The van der Waals surface area contributed by atoms with Crippen LogP contribution in [0.25, 0.3) is 0 Å². The highest BCUT2D eigenvalue weighted by molar-refractivity contribution is 6.10. The van der Waals surface area contributed by atoms with Gasteiger partial charge >= 0.3 is 0 Å². The van der Waals surface area contributed by atoms with Crippen molar-refractivity contribution in [2.45, 2.75) is 26.7 Å². The van der Waals surface area contributed by atoms with Crippen LogP contribution in [-0.2, 0) is 0 Å². The number of carbonyl (C=O) groups excluding carboxylic acids is 1. The Morgan fingerprint density at radius 3 is 2.25 bits per heavy atom. The molecule has 2 aromatic carbocycles. The van der Waals surface area contributed by atoms with Gasteiger partial charge in [0, 0.05) is 11.1 Å². The van der Waals surface area contributed by atoms with E-state index < -0.39 is 0 Å². The van der Waals surface area contributed by atoms with Crippen molar-refractivity contribution in [2.75, 3.05) is 7.11 Å². The molecular formula is C18H20O2. The van der Waals surface area contributed by atoms with Crippen LogP contribution in [0.15, 0.2) is 42.5 Å². The number of ketones is 1. The topological polar surface area (TPSA) is 26.3 Å². The molecule has 104 valence electrons. The molecule has 2 aromatic rings. The zero-order valence-corrected chi connectivity index (χ0v) is 12.4. The normalized spacial score (nSPS) is 10.7. The number of benzene rings is 2. The summed E-state index contributed by atoms with van der Waals surface area (Å²) in [6, 6.07) is 13.4. The summed E-state index contributed by atoms with van der Waals surface area (Å²) in [6.45, 7) is 6.22. The SMILES string of the molecule is COc1ccc(C)c(C(=O)c2ccc(C(C)C)cc2)c1. The molecule has 0 bridgehead atoms. The summed E-state index contributed by atoms with van der Waals surface area (Å²) in [5.41, 5.74) is 3.61. The van der Waals surface area contributed by atoms with Crippen molar-refractivity contribution in [3.05, 3.63) is 64.7 Å². The Hall–Kier alpha value is -2.09. The van der Waals surface area contributed by atoms with Gasteiger partial charge in [-0.15, -0.1) is 0 Å². The average Bonchev–Trinajstić information content (AvgIpc) is 2.47. The van der Waals surface area contributed by atoms with Crippen molar-refractivity contribution < 1.29 is 9.53 Å². The lowest BCUT2D eigenvalue weighted by molar-refractivity contribution is 0.103. The van der Waals surface area contributed by atoms with Crippen molar-refractivity contribution in [3.63, 3.8) is 0 Å². The Kier molecular flexibility index (Phi) is 4.23. The first-order valence-corrected chi connectivity index (χ1v) is 6.82. The fraction of sp³-hybridized carbons (Fsp3) is 0.278. The van der Waals surface area contributed by atoms with Gasteiger partial charge in [0.05, 0.1) is 7.11 Å². The van der Waals surface area contributed by atoms with Gasteiger partial charge in [-0.3, -0.25) is 4.79 Å². The Morgan fingerprint density at radius 1 is 1.05 bits per heavy atom. The molecule has 2 nitrogen and oxygen atoms in total. The molecule has 0 radical (unpaired) electrons. The third-order valence-electron chi connectivity index (χ3n) is 3.53. The van der Waals surface area contributed by atoms with Gasteiger partial charge in [0.1, 0.15) is 5.75 Å². The van der Waals surface area contributed by atoms with E-state index in [0.717, 1.165) is 5.56 Å². The quantitative estimate of drug-likeness (QED) is 0.770. The molecule has 0 N–H and O–H groups in total. The van der Waals surface area contributed by atoms with E-state index in [4.69, 9.17) is 4.74 Å². The van der Waals surface area contributed by atoms with Crippen molar-refractivity contribution in [1.82, 2.24) is 0 Å². The van der Waals surface area contributed by atoms with Crippen LogP contribution in [0.5, 0.6) is 5.75 Å². The maximum atomic E-state index is 12.6. The van der Waals surface area contributed by atoms with Gasteiger partial charge < -0.3 is 4.74 Å². The van der Waals surface area contributed by atoms with Crippen LogP contribution < -0.4 is 4.74 Å². The summed E-state index contributed by atoms with van der Waals surface area (Å²) in [7, 11) is 1.61. The van der Waals surface area contributed by atoms with Gasteiger partial charge in [-0.25, -0.2) is 0 Å². The van der Waals surface area contributed by atoms with E-state index in [0.29, 0.717) is 22.8 Å². The summed E-state index contributed by atoms with van der Waals surface area (Å²) in [4.78, 5) is 12.6. The minimum atomic E-state index is 0.0386. The third-order valence-corrected chi connectivity index (χ3v) is 3.53. The highest BCUT2D eigenvalue weighted by Gasteiger charge is 2.13. The van der Waals surface area contributed by atoms with E-state index in [1.165, 1.54) is 5.56 Å². The minimum Gasteiger partial charge on any atom is -0.497 e. The molecule has 0 saturated carbocycles. The van der Waals surface area contributed by atoms with Crippen LogP contribution in [0, 0.1) is 6.92 Å². The van der Waals surface area contributed by atoms with Crippen molar-refractivity contribution in [2.24, 2.45) is 0 Å². The lowest BCUT2D eigenvalue weighted by atomic mass is 9.96. The smallest absolute Gasteiger partial charge is 0.193 e. The first-order chi connectivity index (χ1) is 9.52. The minimum absolute atomic E-state index is 0.0386. The van der Waals surface area contributed by atoms with E-state index in [-0.39, 0.29) is 5.78 Å². The van der Waals surface area contributed by atoms with Gasteiger partial charge in [0.15, 0.2) is 5.78 Å². The van der Waals surface area contributed by atoms with Gasteiger partial charge in [0.25, 0.3) is 0 Å². The molecule has 20 heavy (non-hydrogen) atoms. The molecule has 0 aromatic heterocycles. The Morgan fingerprint density at radius 2 is 1.70 bits per heavy atom. The first kappa shape index (κ1) is 14.3. The summed E-state index contributed by atoms with van der Waals surface area (Å²) in [5.74, 6) is 1.21. The summed E-state index contributed by atoms with van der Waals surface area (Å²) in [5, 5.41) is 0. The second-order valence-electron chi connectivity index (χ2n) is 5.29. The molecule has 2 heteroatoms. The Balaban J connectivity index is 2.35. The maximum Gasteiger partial charge on any atom is 0.193 e. The van der Waals surface area contributed by atoms with Crippen LogP contribution in [-0.4, -0.2) is 12.9 Å². The average molecular weight is 268 g/mol. The molecule has 0 fully saturated rings. The predicted molar refractivity (Wildman–Crippen MR) is 81.7 cm³/mol. The van der Waals surface area contributed by atoms with Crippen LogP contribution in [0.3, 0.4) is 0 Å². The van der Waals surface area contributed by atoms with E-state index >= 15 is 0 Å². The van der Waals surface area contributed by atoms with Crippen LogP contribution in [0.1, 0.15) is 46.8 Å². The van der Waals surface area contributed by atoms with Gasteiger partial charge in [0.2, 0.25) is 0 Å². The zero-order valence-electron chi connectivity index (χ0n) is 12.4. The van der Waals surface area contributed by atoms with E-state index in [1.807, 2.05) is 43.3 Å². The van der Waals surface area contributed by atoms with E-state index in [9.17, 15) is 4.79 Å². The predicted octanol–water partition coefficient (Wildman–Crippen LogP) is 4.36. The van der Waals surface area contributed by atoms with Crippen LogP contribution in [0.2, 0.25) is 0 Å². The fourth-order valence-electron chi connectivity index (χ4n) is 2.15. The number of aryl methyl sites for hydroxylation is 1. The Bertz CT molecular complexity index is 610. The molecule has 0 spiro atoms. The number of rotatable bonds is 4. The van der Waals surface area contributed by atoms with Gasteiger partial charge in [-0.1, -0.05) is 44.2 Å². The van der Waals surface area contributed by atoms with Gasteiger partial charge in [-0.05, 0) is 36.1 Å². The molecule has 0 aliphatic rings. The molecule has 0 atom stereocenters. The van der Waals surface area contributed by atoms with Crippen molar-refractivity contribution in [3.8, 4) is 5.75 Å². The second kappa shape index (κ2) is 5.91. The van der Waals surface area contributed by atoms with E-state index in [1.54, 1.807) is 13.2 Å². The fourth-order valence-corrected chi connectivity index (χ4v) is 2.15. The molecular weight excluding hydrogens is 248 g/mol. The Labute approximate surface area is 120 Å². The largest absolute Gasteiger partial charge is 0.497 e. The molecule has 0 saturated heterocycles. The maximum absolute atomic E-state index is 12.6. The molecule has 2 rings (SSSR count). The van der Waals surface area contributed by atoms with Crippen LogP contribution in [0.4, 0.5) is 0 Å². The second-order valence-corrected chi connectivity index (χ2v) is 5.29. The van der Waals surface area contributed by atoms with Crippen molar-refractivity contribution >= 4 is 5.78 Å². The number of hydrogen-bond acceptors (Lipinski definition) is 2. The zero-order chi connectivity index (χ0) is 14.7. The highest BCUT2D eigenvalue weighted by atomic mass is 16.5. The lowest BCUT2D eigenvalue weighted by Crippen LogP contribution is -2.04. The number of methoxy groups -OCH3 is 1. The lowest BCUT2D eigenvalue weighted by Gasteiger charge is -2.09. The summed E-state index contributed by atoms with van der Waals surface area (Å²) in [6.07, 6.45) is 0. The standard InChI is InChI=1S/C18H20O2/c1-12(2)14-6-8-15(9-7-14)18(19)17-11-16(20-4)10-5-13(17)3/h5-12H,1-4H3. The first-order valence-electron chi connectivity index (χ1n) is 6.82. The van der Waals surface area contributed by atoms with Crippen LogP contribution >= 0.6 is 0 Å². The van der Waals surface area contributed by atoms with Gasteiger partial charge in [-0.2, -0.15) is 0 Å². The summed E-state index contributed by atoms with van der Waals surface area (Å²) < 4.78 is 5.19. The molecule has 0 heterocycles. The highest BCUT2D eigenvalue weighted by Crippen LogP contribution is 2.21. The van der Waals surface area contributed by atoms with Crippen molar-refractivity contribution in [1.29, 1.82) is 0 Å². The third kappa shape index (κ3) is 2.90. The molecule has 0 amide bonds.